The summed E-state index contributed by atoms with van der Waals surface area (Å²) in [6, 6.07) is 6.01. The third-order valence-electron chi connectivity index (χ3n) is 3.05. The fourth-order valence-corrected chi connectivity index (χ4v) is 3.15. The summed E-state index contributed by atoms with van der Waals surface area (Å²) in [4.78, 5) is 24.2. The van der Waals surface area contributed by atoms with Crippen LogP contribution in [0.25, 0.3) is 0 Å². The maximum absolute atomic E-state index is 12.8. The standard InChI is InChI=1S/C13H15FN2O2S/c14-10-4-2-9(3-5-10)8-11-12(17)16(7-1-6-15)13(18)19-11/h2-5,11H,1,6-8,15H2/p+1. The van der Waals surface area contributed by atoms with E-state index in [1.165, 1.54) is 12.1 Å². The van der Waals surface area contributed by atoms with Crippen molar-refractivity contribution >= 4 is 22.9 Å². The van der Waals surface area contributed by atoms with E-state index in [1.807, 2.05) is 0 Å². The number of thioether (sulfide) groups is 1. The Morgan fingerprint density at radius 1 is 1.26 bits per heavy atom. The van der Waals surface area contributed by atoms with Crippen LogP contribution in [0.15, 0.2) is 24.3 Å². The number of nitrogens with one attached hydrogen (secondary N) is 1. The first-order valence-electron chi connectivity index (χ1n) is 6.17. The largest absolute Gasteiger partial charge is 0.381 e. The fraction of sp³-hybridized carbons (Fsp3) is 0.385. The van der Waals surface area contributed by atoms with E-state index >= 15 is 0 Å². The smallest absolute Gasteiger partial charge is 0.330 e. The molecular formula is C13H16FN2O2S+. The molecule has 1 saturated heterocycles. The van der Waals surface area contributed by atoms with Crippen molar-refractivity contribution in [2.45, 2.75) is 18.1 Å². The van der Waals surface area contributed by atoms with Gasteiger partial charge in [-0.05, 0) is 42.4 Å². The molecule has 2 atom stereocenters. The molecule has 0 aliphatic carbocycles. The molecular weight excluding hydrogens is 267 g/mol. The van der Waals surface area contributed by atoms with E-state index in [0.717, 1.165) is 17.3 Å². The minimum atomic E-state index is -0.370. The molecule has 3 N–H and O–H groups in total. The number of halogens is 1. The second kappa shape index (κ2) is 6.27. The maximum Gasteiger partial charge on any atom is 0.381 e. The number of benzene rings is 1. The normalized spacial score (nSPS) is 23.1. The molecule has 2 amide bonds. The molecule has 0 bridgehead atoms. The van der Waals surface area contributed by atoms with Crippen molar-refractivity contribution in [2.75, 3.05) is 13.1 Å². The number of hydrogen-bond donors (Lipinski definition) is 2. The van der Waals surface area contributed by atoms with Gasteiger partial charge in [0.2, 0.25) is 0 Å². The van der Waals surface area contributed by atoms with Crippen LogP contribution in [0.4, 0.5) is 9.18 Å². The number of carbonyl (C=O) groups excluding carboxylic acids is 2. The summed E-state index contributed by atoms with van der Waals surface area (Å²) in [5.74, 6) is -0.395. The van der Waals surface area contributed by atoms with Crippen molar-refractivity contribution in [2.24, 2.45) is 5.73 Å². The number of hydrogen-bond acceptors (Lipinski definition) is 4. The van der Waals surface area contributed by atoms with Gasteiger partial charge in [-0.15, -0.1) is 0 Å². The summed E-state index contributed by atoms with van der Waals surface area (Å²) in [6.45, 7) is 0.929. The van der Waals surface area contributed by atoms with Crippen LogP contribution in [-0.2, 0) is 11.2 Å². The van der Waals surface area contributed by atoms with Gasteiger partial charge in [0.15, 0.2) is 0 Å². The molecule has 1 aliphatic heterocycles. The molecule has 6 heteroatoms. The number of carbonyl (C=O) groups is 2. The van der Waals surface area contributed by atoms with Crippen LogP contribution in [0.1, 0.15) is 12.0 Å². The molecule has 1 aromatic rings. The van der Waals surface area contributed by atoms with E-state index in [1.54, 1.807) is 12.1 Å². The van der Waals surface area contributed by atoms with Gasteiger partial charge < -0.3 is 5.73 Å². The van der Waals surface area contributed by atoms with E-state index in [2.05, 4.69) is 0 Å². The van der Waals surface area contributed by atoms with Gasteiger partial charge in [-0.25, -0.2) is 14.0 Å². The highest BCUT2D eigenvalue weighted by Crippen LogP contribution is 2.20. The number of amides is 2. The average molecular weight is 283 g/mol. The minimum Gasteiger partial charge on any atom is -0.330 e. The summed E-state index contributed by atoms with van der Waals surface area (Å²) >= 11 is 1.07. The predicted octanol–water partition coefficient (Wildman–Crippen LogP) is 0.364. The van der Waals surface area contributed by atoms with E-state index in [-0.39, 0.29) is 22.2 Å². The van der Waals surface area contributed by atoms with Crippen LogP contribution in [0, 0.1) is 5.82 Å². The highest BCUT2D eigenvalue weighted by atomic mass is 32.2. The minimum absolute atomic E-state index is 0.0900. The molecule has 1 aromatic carbocycles. The molecule has 0 spiro atoms. The van der Waals surface area contributed by atoms with Crippen molar-refractivity contribution < 1.29 is 18.9 Å². The van der Waals surface area contributed by atoms with Gasteiger partial charge in [0.25, 0.3) is 0 Å². The maximum atomic E-state index is 12.8. The highest BCUT2D eigenvalue weighted by molar-refractivity contribution is 8.14. The summed E-state index contributed by atoms with van der Waals surface area (Å²) in [5.41, 5.74) is 6.25. The summed E-state index contributed by atoms with van der Waals surface area (Å²) < 4.78 is 12.8. The number of imide groups is 1. The SMILES string of the molecule is NCCC[NH+]1C(=O)SC(Cc2ccc(F)cc2)C1=O. The molecule has 1 fully saturated rings. The average Bonchev–Trinajstić information content (AvgIpc) is 2.65. The summed E-state index contributed by atoms with van der Waals surface area (Å²) in [6.07, 6.45) is 1.11. The number of nitrogens with two attached hydrogens (primary N) is 1. The Morgan fingerprint density at radius 2 is 1.95 bits per heavy atom. The van der Waals surface area contributed by atoms with Gasteiger partial charge in [0, 0.05) is 6.42 Å². The molecule has 0 aromatic heterocycles. The Hall–Kier alpha value is -1.24. The number of quaternary nitrogens is 1. The van der Waals surface area contributed by atoms with Gasteiger partial charge in [0.1, 0.15) is 11.1 Å². The van der Waals surface area contributed by atoms with Crippen LogP contribution in [-0.4, -0.2) is 29.5 Å². The Kier molecular flexibility index (Phi) is 4.68. The molecule has 102 valence electrons. The zero-order valence-corrected chi connectivity index (χ0v) is 11.2. The Balaban J connectivity index is 2.00. The van der Waals surface area contributed by atoms with Crippen LogP contribution < -0.4 is 10.6 Å². The lowest BCUT2D eigenvalue weighted by Gasteiger charge is -2.07. The van der Waals surface area contributed by atoms with Gasteiger partial charge >= 0.3 is 11.1 Å². The van der Waals surface area contributed by atoms with Crippen LogP contribution in [0.5, 0.6) is 0 Å². The van der Waals surface area contributed by atoms with Crippen molar-refractivity contribution in [3.8, 4) is 0 Å². The Labute approximate surface area is 115 Å². The van der Waals surface area contributed by atoms with Crippen LogP contribution in [0.3, 0.4) is 0 Å². The second-order valence-corrected chi connectivity index (χ2v) is 5.64. The first kappa shape index (κ1) is 14.2. The molecule has 1 heterocycles. The topological polar surface area (TPSA) is 64.6 Å². The number of rotatable bonds is 5. The monoisotopic (exact) mass is 283 g/mol. The van der Waals surface area contributed by atoms with Crippen molar-refractivity contribution in [3.05, 3.63) is 35.6 Å². The first-order valence-corrected chi connectivity index (χ1v) is 7.05. The molecule has 4 nitrogen and oxygen atoms in total. The zero-order chi connectivity index (χ0) is 13.8. The van der Waals surface area contributed by atoms with Gasteiger partial charge in [0.05, 0.1) is 6.54 Å². The molecule has 0 radical (unpaired) electrons. The van der Waals surface area contributed by atoms with Gasteiger partial charge in [-0.2, -0.15) is 4.90 Å². The van der Waals surface area contributed by atoms with E-state index < -0.39 is 0 Å². The molecule has 1 aliphatic rings. The van der Waals surface area contributed by atoms with Crippen molar-refractivity contribution in [1.29, 1.82) is 0 Å². The highest BCUT2D eigenvalue weighted by Gasteiger charge is 2.45. The molecule has 19 heavy (non-hydrogen) atoms. The predicted molar refractivity (Wildman–Crippen MR) is 71.4 cm³/mol. The van der Waals surface area contributed by atoms with E-state index in [4.69, 9.17) is 5.73 Å². The lowest BCUT2D eigenvalue weighted by Crippen LogP contribution is -3.15. The third kappa shape index (κ3) is 3.40. The van der Waals surface area contributed by atoms with E-state index in [0.29, 0.717) is 30.8 Å². The Bertz CT molecular complexity index is 478. The van der Waals surface area contributed by atoms with Crippen molar-refractivity contribution in [1.82, 2.24) is 0 Å². The van der Waals surface area contributed by atoms with Gasteiger partial charge in [-0.1, -0.05) is 12.1 Å². The summed E-state index contributed by atoms with van der Waals surface area (Å²) in [7, 11) is 0. The molecule has 2 rings (SSSR count). The lowest BCUT2D eigenvalue weighted by atomic mass is 10.1. The van der Waals surface area contributed by atoms with Crippen molar-refractivity contribution in [3.63, 3.8) is 0 Å². The molecule has 2 unspecified atom stereocenters. The second-order valence-electron chi connectivity index (χ2n) is 4.46. The summed E-state index contributed by atoms with van der Waals surface area (Å²) in [5, 5.41) is -0.503. The zero-order valence-electron chi connectivity index (χ0n) is 10.4. The lowest BCUT2D eigenvalue weighted by molar-refractivity contribution is -0.722. The van der Waals surface area contributed by atoms with Gasteiger partial charge in [-0.3, -0.25) is 0 Å². The van der Waals surface area contributed by atoms with Crippen LogP contribution >= 0.6 is 11.8 Å². The fourth-order valence-electron chi connectivity index (χ4n) is 2.02. The quantitative estimate of drug-likeness (QED) is 0.819. The molecule has 0 saturated carbocycles. The Morgan fingerprint density at radius 3 is 2.58 bits per heavy atom. The van der Waals surface area contributed by atoms with Crippen LogP contribution in [0.2, 0.25) is 0 Å². The third-order valence-corrected chi connectivity index (χ3v) is 4.18. The first-order chi connectivity index (χ1) is 9.11. The van der Waals surface area contributed by atoms with E-state index in [9.17, 15) is 14.0 Å².